The molecule has 0 aromatic heterocycles. The Balaban J connectivity index is 1.67. The van der Waals surface area contributed by atoms with Crippen LogP contribution in [0.15, 0.2) is 48.5 Å². The molecule has 0 aliphatic carbocycles. The largest absolute Gasteiger partial charge is 0.457 e. The smallest absolute Gasteiger partial charge is 0.290 e. The highest BCUT2D eigenvalue weighted by Crippen LogP contribution is 2.25. The molecule has 1 N–H and O–H groups in total. The van der Waals surface area contributed by atoms with Gasteiger partial charge in [0, 0.05) is 25.7 Å². The molecule has 1 aliphatic heterocycles. The summed E-state index contributed by atoms with van der Waals surface area (Å²) in [6.45, 7) is 0.217. The summed E-state index contributed by atoms with van der Waals surface area (Å²) in [4.78, 5) is 36.8. The summed E-state index contributed by atoms with van der Waals surface area (Å²) >= 11 is 0. The second-order valence-corrected chi connectivity index (χ2v) is 5.98. The van der Waals surface area contributed by atoms with Crippen LogP contribution in [-0.4, -0.2) is 36.1 Å². The van der Waals surface area contributed by atoms with Crippen molar-refractivity contribution in [2.75, 3.05) is 13.6 Å². The lowest BCUT2D eigenvalue weighted by atomic mass is 10.1. The molecule has 1 fully saturated rings. The normalized spacial score (nSPS) is 16.7. The topological polar surface area (TPSA) is 75.7 Å². The molecule has 1 heterocycles. The Labute approximate surface area is 149 Å². The van der Waals surface area contributed by atoms with Crippen LogP contribution in [0.4, 0.5) is 4.39 Å². The van der Waals surface area contributed by atoms with Gasteiger partial charge in [0.25, 0.3) is 5.91 Å². The van der Waals surface area contributed by atoms with Crippen LogP contribution in [0.5, 0.6) is 11.5 Å². The summed E-state index contributed by atoms with van der Waals surface area (Å²) in [5.41, 5.74) is 0.690. The van der Waals surface area contributed by atoms with Crippen molar-refractivity contribution >= 4 is 17.6 Å². The van der Waals surface area contributed by atoms with Crippen molar-refractivity contribution < 1.29 is 23.5 Å². The van der Waals surface area contributed by atoms with Crippen LogP contribution in [0.25, 0.3) is 0 Å². The molecule has 6 nitrogen and oxygen atoms in total. The zero-order chi connectivity index (χ0) is 18.7. The molecule has 2 aromatic rings. The second kappa shape index (κ2) is 7.35. The molecule has 0 radical (unpaired) electrons. The molecule has 2 amide bonds. The molecule has 0 bridgehead atoms. The number of nitrogens with zero attached hydrogens (tertiary/aromatic N) is 1. The summed E-state index contributed by atoms with van der Waals surface area (Å²) < 4.78 is 18.7. The van der Waals surface area contributed by atoms with Gasteiger partial charge in [0.15, 0.2) is 0 Å². The number of carbonyl (C=O) groups excluding carboxylic acids is 3. The number of hydrogen-bond donors (Lipinski definition) is 1. The number of amides is 2. The maximum atomic E-state index is 13.0. The fraction of sp³-hybridized carbons (Fsp3) is 0.211. The van der Waals surface area contributed by atoms with Crippen molar-refractivity contribution in [2.24, 2.45) is 5.92 Å². The Morgan fingerprint density at radius 2 is 1.88 bits per heavy atom. The third-order valence-electron chi connectivity index (χ3n) is 4.11. The van der Waals surface area contributed by atoms with E-state index in [1.54, 1.807) is 24.3 Å². The molecule has 1 aliphatic rings. The van der Waals surface area contributed by atoms with Crippen molar-refractivity contribution in [1.82, 2.24) is 10.2 Å². The Bertz CT molecular complexity index is 851. The maximum Gasteiger partial charge on any atom is 0.290 e. The Hall–Kier alpha value is -3.22. The number of ether oxygens (including phenoxy) is 1. The monoisotopic (exact) mass is 356 g/mol. The number of likely N-dealkylation sites (N-methyl/N-ethyl adjacent to an activating group) is 1. The quantitative estimate of drug-likeness (QED) is 0.656. The summed E-state index contributed by atoms with van der Waals surface area (Å²) in [5, 5.41) is 2.67. The van der Waals surface area contributed by atoms with Crippen molar-refractivity contribution in [2.45, 2.75) is 6.54 Å². The summed E-state index contributed by atoms with van der Waals surface area (Å²) in [7, 11) is 1.49. The molecule has 1 unspecified atom stereocenters. The minimum Gasteiger partial charge on any atom is -0.457 e. The summed E-state index contributed by atoms with van der Waals surface area (Å²) in [6, 6.07) is 12.6. The third-order valence-corrected chi connectivity index (χ3v) is 4.11. The number of ketones is 1. The lowest BCUT2D eigenvalue weighted by Gasteiger charge is -2.13. The highest BCUT2D eigenvalue weighted by Gasteiger charge is 2.41. The van der Waals surface area contributed by atoms with E-state index in [9.17, 15) is 18.8 Å². The van der Waals surface area contributed by atoms with Crippen LogP contribution in [0.1, 0.15) is 5.56 Å². The minimum absolute atomic E-state index is 0.0806. The molecule has 2 aromatic carbocycles. The molecule has 7 heteroatoms. The molecule has 0 spiro atoms. The van der Waals surface area contributed by atoms with Gasteiger partial charge in [-0.25, -0.2) is 4.39 Å². The number of carbonyl (C=O) groups is 3. The minimum atomic E-state index is -0.988. The molecule has 134 valence electrons. The lowest BCUT2D eigenvalue weighted by molar-refractivity contribution is -0.142. The average molecular weight is 356 g/mol. The molecule has 3 rings (SSSR count). The molecule has 26 heavy (non-hydrogen) atoms. The van der Waals surface area contributed by atoms with Gasteiger partial charge in [-0.2, -0.15) is 0 Å². The Morgan fingerprint density at radius 1 is 1.19 bits per heavy atom. The fourth-order valence-electron chi connectivity index (χ4n) is 2.66. The predicted molar refractivity (Wildman–Crippen MR) is 90.9 cm³/mol. The van der Waals surface area contributed by atoms with Crippen molar-refractivity contribution in [3.8, 4) is 11.5 Å². The molecule has 0 saturated carbocycles. The van der Waals surface area contributed by atoms with Gasteiger partial charge in [-0.05, 0) is 30.3 Å². The van der Waals surface area contributed by atoms with E-state index in [4.69, 9.17) is 4.74 Å². The van der Waals surface area contributed by atoms with Crippen molar-refractivity contribution in [3.05, 3.63) is 59.9 Å². The third kappa shape index (κ3) is 3.72. The standard InChI is InChI=1S/C19H17FN2O4/c1-22-11-15(17(23)19(22)25)18(24)21-10-12-4-2-3-5-16(12)26-14-8-6-13(20)7-9-14/h2-9,15H,10-11H2,1H3,(H,21,24). The van der Waals surface area contributed by atoms with E-state index in [1.165, 1.54) is 36.2 Å². The number of hydrogen-bond acceptors (Lipinski definition) is 4. The van der Waals surface area contributed by atoms with Crippen LogP contribution in [0.2, 0.25) is 0 Å². The summed E-state index contributed by atoms with van der Waals surface area (Å²) in [5.74, 6) is -2.22. The molecular weight excluding hydrogens is 339 g/mol. The highest BCUT2D eigenvalue weighted by molar-refractivity contribution is 6.42. The zero-order valence-electron chi connectivity index (χ0n) is 14.1. The molecular formula is C19H17FN2O4. The number of halogens is 1. The van der Waals surface area contributed by atoms with E-state index in [0.29, 0.717) is 17.1 Å². The Morgan fingerprint density at radius 3 is 2.54 bits per heavy atom. The average Bonchev–Trinajstić information content (AvgIpc) is 2.90. The SMILES string of the molecule is CN1CC(C(=O)NCc2ccccc2Oc2ccc(F)cc2)C(=O)C1=O. The lowest BCUT2D eigenvalue weighted by Crippen LogP contribution is -2.35. The van der Waals surface area contributed by atoms with Gasteiger partial charge in [-0.15, -0.1) is 0 Å². The summed E-state index contributed by atoms with van der Waals surface area (Å²) in [6.07, 6.45) is 0. The number of benzene rings is 2. The number of para-hydroxylation sites is 1. The first-order chi connectivity index (χ1) is 12.5. The van der Waals surface area contributed by atoms with Crippen LogP contribution in [0, 0.1) is 11.7 Å². The van der Waals surface area contributed by atoms with E-state index in [-0.39, 0.29) is 18.9 Å². The first-order valence-corrected chi connectivity index (χ1v) is 8.04. The van der Waals surface area contributed by atoms with E-state index >= 15 is 0 Å². The first-order valence-electron chi connectivity index (χ1n) is 8.04. The van der Waals surface area contributed by atoms with Gasteiger partial charge in [-0.1, -0.05) is 18.2 Å². The van der Waals surface area contributed by atoms with Gasteiger partial charge < -0.3 is 15.0 Å². The number of rotatable bonds is 5. The van der Waals surface area contributed by atoms with Crippen LogP contribution < -0.4 is 10.1 Å². The van der Waals surface area contributed by atoms with E-state index in [0.717, 1.165) is 0 Å². The van der Waals surface area contributed by atoms with Gasteiger partial charge in [0.1, 0.15) is 23.2 Å². The fourth-order valence-corrected chi connectivity index (χ4v) is 2.66. The van der Waals surface area contributed by atoms with Crippen LogP contribution in [0.3, 0.4) is 0 Å². The van der Waals surface area contributed by atoms with Gasteiger partial charge in [0.2, 0.25) is 11.7 Å². The van der Waals surface area contributed by atoms with E-state index in [1.807, 2.05) is 0 Å². The molecule has 1 atom stereocenters. The number of nitrogens with one attached hydrogen (secondary N) is 1. The predicted octanol–water partition coefficient (Wildman–Crippen LogP) is 1.89. The van der Waals surface area contributed by atoms with Crippen LogP contribution in [-0.2, 0) is 20.9 Å². The van der Waals surface area contributed by atoms with Crippen molar-refractivity contribution in [3.63, 3.8) is 0 Å². The van der Waals surface area contributed by atoms with E-state index < -0.39 is 23.5 Å². The maximum absolute atomic E-state index is 13.0. The molecule has 1 saturated heterocycles. The second-order valence-electron chi connectivity index (χ2n) is 5.98. The van der Waals surface area contributed by atoms with Crippen LogP contribution >= 0.6 is 0 Å². The zero-order valence-corrected chi connectivity index (χ0v) is 14.1. The van der Waals surface area contributed by atoms with Crippen molar-refractivity contribution in [1.29, 1.82) is 0 Å². The van der Waals surface area contributed by atoms with Gasteiger partial charge in [0.05, 0.1) is 0 Å². The van der Waals surface area contributed by atoms with Gasteiger partial charge in [-0.3, -0.25) is 14.4 Å². The number of Topliss-reactive ketones (excluding diaryl/α,β-unsaturated/α-hetero) is 1. The highest BCUT2D eigenvalue weighted by atomic mass is 19.1. The number of likely N-dealkylation sites (tertiary alicyclic amines) is 1. The first kappa shape index (κ1) is 17.6. The Kier molecular flexibility index (Phi) is 4.97. The van der Waals surface area contributed by atoms with E-state index in [2.05, 4.69) is 5.32 Å². The van der Waals surface area contributed by atoms with Gasteiger partial charge >= 0.3 is 0 Å².